The van der Waals surface area contributed by atoms with E-state index in [0.29, 0.717) is 12.2 Å². The molecule has 0 unspecified atom stereocenters. The molecule has 7 N–H and O–H groups in total. The van der Waals surface area contributed by atoms with Gasteiger partial charge in [-0.15, -0.1) is 0 Å². The number of aliphatic hydroxyl groups excluding tert-OH is 1. The largest absolute Gasteiger partial charge is 0.480 e. The van der Waals surface area contributed by atoms with E-state index >= 15 is 0 Å². The summed E-state index contributed by atoms with van der Waals surface area (Å²) in [6.45, 7) is -0.571. The van der Waals surface area contributed by atoms with E-state index in [0.717, 1.165) is 0 Å². The van der Waals surface area contributed by atoms with Gasteiger partial charge in [0, 0.05) is 18.8 Å². The molecule has 0 radical (unpaired) electrons. The van der Waals surface area contributed by atoms with E-state index < -0.39 is 42.4 Å². The summed E-state index contributed by atoms with van der Waals surface area (Å²) < 4.78 is 0. The van der Waals surface area contributed by atoms with Crippen LogP contribution >= 0.6 is 11.8 Å². The van der Waals surface area contributed by atoms with Crippen LogP contribution < -0.4 is 16.4 Å². The average Bonchev–Trinajstić information content (AvgIpc) is 2.52. The number of thioether (sulfide) groups is 1. The van der Waals surface area contributed by atoms with Crippen LogP contribution in [-0.2, 0) is 19.2 Å². The number of carbonyl (C=O) groups is 4. The lowest BCUT2D eigenvalue weighted by Gasteiger charge is -2.18. The maximum Gasteiger partial charge on any atom is 0.322 e. The highest BCUT2D eigenvalue weighted by Gasteiger charge is 2.22. The third-order valence-corrected chi connectivity index (χ3v) is 3.94. The molecule has 0 aliphatic heterocycles. The lowest BCUT2D eigenvalue weighted by Crippen LogP contribution is -2.49. The van der Waals surface area contributed by atoms with Crippen molar-refractivity contribution >= 4 is 35.5 Å². The lowest BCUT2D eigenvalue weighted by atomic mass is 10.1. The van der Waals surface area contributed by atoms with Crippen LogP contribution in [0.1, 0.15) is 19.3 Å². The molecule has 0 spiro atoms. The van der Waals surface area contributed by atoms with Gasteiger partial charge in [0.05, 0.1) is 0 Å². The van der Waals surface area contributed by atoms with Gasteiger partial charge in [0.15, 0.2) is 0 Å². The van der Waals surface area contributed by atoms with Crippen LogP contribution in [0.4, 0.5) is 0 Å². The number of hydrogen-bond acceptors (Lipinski definition) is 7. The first kappa shape index (κ1) is 22.1. The molecule has 24 heavy (non-hydrogen) atoms. The number of aliphatic hydroxyl groups is 1. The Morgan fingerprint density at radius 3 is 2.38 bits per heavy atom. The summed E-state index contributed by atoms with van der Waals surface area (Å²) in [5.41, 5.74) is 5.30. The van der Waals surface area contributed by atoms with Crippen molar-refractivity contribution in [1.29, 1.82) is 0 Å². The summed E-state index contributed by atoms with van der Waals surface area (Å²) in [4.78, 5) is 44.8. The van der Waals surface area contributed by atoms with E-state index in [9.17, 15) is 19.2 Å². The number of hydrogen-bond donors (Lipinski definition) is 6. The molecule has 11 heteroatoms. The Labute approximate surface area is 143 Å². The maximum atomic E-state index is 11.9. The van der Waals surface area contributed by atoms with Crippen molar-refractivity contribution in [2.75, 3.05) is 24.7 Å². The topological polar surface area (TPSA) is 179 Å². The number of carboxylic acid groups (broad SMARTS) is 2. The molecule has 0 saturated carbocycles. The quantitative estimate of drug-likeness (QED) is 0.201. The minimum Gasteiger partial charge on any atom is -0.480 e. The second-order valence-electron chi connectivity index (χ2n) is 4.87. The fraction of sp³-hybridized carbons (Fsp3) is 0.692. The minimum atomic E-state index is -1.22. The van der Waals surface area contributed by atoms with Crippen LogP contribution in [0.5, 0.6) is 0 Å². The molecule has 0 aliphatic rings. The number of nitrogens with two attached hydrogens (primary N) is 1. The Morgan fingerprint density at radius 2 is 1.83 bits per heavy atom. The van der Waals surface area contributed by atoms with E-state index in [1.54, 1.807) is 0 Å². The first-order chi connectivity index (χ1) is 11.3. The van der Waals surface area contributed by atoms with Crippen molar-refractivity contribution in [2.24, 2.45) is 5.73 Å². The summed E-state index contributed by atoms with van der Waals surface area (Å²) >= 11 is 1.32. The molecule has 2 atom stereocenters. The first-order valence-corrected chi connectivity index (χ1v) is 8.39. The minimum absolute atomic E-state index is 0.00229. The van der Waals surface area contributed by atoms with Crippen LogP contribution in [0.3, 0.4) is 0 Å². The highest BCUT2D eigenvalue weighted by Crippen LogP contribution is 2.06. The Kier molecular flexibility index (Phi) is 11.6. The summed E-state index contributed by atoms with van der Waals surface area (Å²) in [7, 11) is 0. The highest BCUT2D eigenvalue weighted by molar-refractivity contribution is 7.99. The van der Waals surface area contributed by atoms with Crippen molar-refractivity contribution in [2.45, 2.75) is 31.3 Å². The molecule has 0 rings (SSSR count). The van der Waals surface area contributed by atoms with Gasteiger partial charge in [0.1, 0.15) is 18.6 Å². The summed E-state index contributed by atoms with van der Waals surface area (Å²) in [5.74, 6) is -2.87. The fourth-order valence-corrected chi connectivity index (χ4v) is 2.48. The fourth-order valence-electron chi connectivity index (χ4n) is 1.51. The van der Waals surface area contributed by atoms with Crippen LogP contribution in [0.25, 0.3) is 0 Å². The van der Waals surface area contributed by atoms with E-state index in [2.05, 4.69) is 10.6 Å². The van der Waals surface area contributed by atoms with Gasteiger partial charge in [0.2, 0.25) is 11.8 Å². The third-order valence-electron chi connectivity index (χ3n) is 2.80. The van der Waals surface area contributed by atoms with Gasteiger partial charge in [0.25, 0.3) is 0 Å². The highest BCUT2D eigenvalue weighted by atomic mass is 32.2. The number of carboxylic acids is 2. The SMILES string of the molecule is N[C@@H](CCC(=O)N[C@@H](CSCCCO)C(=O)NCC(=O)O)C(=O)O. The number of aliphatic carboxylic acids is 2. The zero-order valence-electron chi connectivity index (χ0n) is 13.1. The number of nitrogens with one attached hydrogen (secondary N) is 2. The Balaban J connectivity index is 4.49. The number of amides is 2. The number of carbonyl (C=O) groups excluding carboxylic acids is 2. The van der Waals surface area contributed by atoms with Gasteiger partial charge in [-0.3, -0.25) is 19.2 Å². The molecule has 0 fully saturated rings. The van der Waals surface area contributed by atoms with Crippen LogP contribution in [0.2, 0.25) is 0 Å². The van der Waals surface area contributed by atoms with Crippen molar-refractivity contribution in [3.8, 4) is 0 Å². The summed E-state index contributed by atoms with van der Waals surface area (Å²) in [6, 6.07) is -2.13. The molecule has 0 aliphatic carbocycles. The molecular formula is C13H23N3O7S. The summed E-state index contributed by atoms with van der Waals surface area (Å²) in [5, 5.41) is 30.5. The number of rotatable bonds is 13. The van der Waals surface area contributed by atoms with Crippen molar-refractivity contribution in [1.82, 2.24) is 10.6 Å². The molecule has 2 amide bonds. The van der Waals surface area contributed by atoms with Crippen molar-refractivity contribution in [3.05, 3.63) is 0 Å². The lowest BCUT2D eigenvalue weighted by molar-refractivity contribution is -0.139. The second-order valence-corrected chi connectivity index (χ2v) is 6.02. The predicted molar refractivity (Wildman–Crippen MR) is 86.4 cm³/mol. The van der Waals surface area contributed by atoms with Gasteiger partial charge < -0.3 is 31.7 Å². The third kappa shape index (κ3) is 10.8. The molecule has 10 nitrogen and oxygen atoms in total. The molecule has 0 bridgehead atoms. The molecule has 0 aromatic carbocycles. The molecule has 0 aromatic heterocycles. The molecule has 0 aromatic rings. The van der Waals surface area contributed by atoms with E-state index in [1.165, 1.54) is 11.8 Å². The standard InChI is InChI=1S/C13H23N3O7S/c14-8(13(22)23)2-3-10(18)16-9(7-24-5-1-4-17)12(21)15-6-11(19)20/h8-9,17H,1-7,14H2,(H,15,21)(H,16,18)(H,19,20)(H,22,23)/t8-,9-/m0/s1. The van der Waals surface area contributed by atoms with Crippen LogP contribution in [0, 0.1) is 0 Å². The van der Waals surface area contributed by atoms with Gasteiger partial charge in [-0.1, -0.05) is 0 Å². The zero-order chi connectivity index (χ0) is 18.5. The Hall–Kier alpha value is -1.85. The smallest absolute Gasteiger partial charge is 0.322 e. The molecule has 138 valence electrons. The normalized spacial score (nSPS) is 12.9. The van der Waals surface area contributed by atoms with Gasteiger partial charge in [-0.25, -0.2) is 0 Å². The zero-order valence-corrected chi connectivity index (χ0v) is 13.9. The maximum absolute atomic E-state index is 11.9. The Morgan fingerprint density at radius 1 is 1.17 bits per heavy atom. The van der Waals surface area contributed by atoms with Crippen LogP contribution in [0.15, 0.2) is 0 Å². The van der Waals surface area contributed by atoms with E-state index in [1.807, 2.05) is 0 Å². The van der Waals surface area contributed by atoms with E-state index in [-0.39, 0.29) is 25.2 Å². The molecular weight excluding hydrogens is 342 g/mol. The van der Waals surface area contributed by atoms with Crippen molar-refractivity contribution < 1.29 is 34.5 Å². The van der Waals surface area contributed by atoms with Gasteiger partial charge in [-0.2, -0.15) is 11.8 Å². The Bertz CT molecular complexity index is 447. The van der Waals surface area contributed by atoms with Gasteiger partial charge in [-0.05, 0) is 18.6 Å². The monoisotopic (exact) mass is 365 g/mol. The second kappa shape index (κ2) is 12.6. The van der Waals surface area contributed by atoms with E-state index in [4.69, 9.17) is 21.1 Å². The van der Waals surface area contributed by atoms with Crippen molar-refractivity contribution in [3.63, 3.8) is 0 Å². The first-order valence-electron chi connectivity index (χ1n) is 7.23. The van der Waals surface area contributed by atoms with Gasteiger partial charge >= 0.3 is 11.9 Å². The average molecular weight is 365 g/mol. The van der Waals surface area contributed by atoms with Crippen LogP contribution in [-0.4, -0.2) is 75.8 Å². The molecule has 0 saturated heterocycles. The molecule has 0 heterocycles. The predicted octanol–water partition coefficient (Wildman–Crippen LogP) is -2.02. The summed E-state index contributed by atoms with van der Waals surface area (Å²) in [6.07, 6.45) is 0.273.